The van der Waals surface area contributed by atoms with Gasteiger partial charge in [0.2, 0.25) is 5.88 Å². The van der Waals surface area contributed by atoms with Gasteiger partial charge in [-0.2, -0.15) is 5.10 Å². The number of hydrogen-bond acceptors (Lipinski definition) is 7. The number of anilines is 1. The standard InChI is InChI=1S/C23H20F3N5O4S/c1-14-15(2)29-31(16(14)3)21-12-13-22(28-27-21)34-18-10-8-17(9-11-18)30-36(32,33)20-7-5-4-6-19(20)35-23(24,25)26/h4-13,30H,1-3H3. The first kappa shape index (κ1) is 25.0. The number of benzene rings is 2. The molecule has 36 heavy (non-hydrogen) atoms. The Hall–Kier alpha value is -4.13. The molecule has 0 radical (unpaired) electrons. The summed E-state index contributed by atoms with van der Waals surface area (Å²) >= 11 is 0. The van der Waals surface area contributed by atoms with Crippen LogP contribution in [0, 0.1) is 20.8 Å². The molecule has 0 bridgehead atoms. The fourth-order valence-corrected chi connectivity index (χ4v) is 4.42. The van der Waals surface area contributed by atoms with Gasteiger partial charge in [-0.1, -0.05) is 12.1 Å². The Morgan fingerprint density at radius 1 is 0.917 bits per heavy atom. The number of sulfonamides is 1. The number of ether oxygens (including phenoxy) is 2. The van der Waals surface area contributed by atoms with E-state index in [0.29, 0.717) is 11.6 Å². The lowest BCUT2D eigenvalue weighted by molar-refractivity contribution is -0.275. The third kappa shape index (κ3) is 5.57. The Balaban J connectivity index is 1.46. The molecule has 0 amide bonds. The summed E-state index contributed by atoms with van der Waals surface area (Å²) < 4.78 is 76.6. The summed E-state index contributed by atoms with van der Waals surface area (Å²) in [5, 5.41) is 12.6. The first-order chi connectivity index (χ1) is 16.9. The highest BCUT2D eigenvalue weighted by molar-refractivity contribution is 7.92. The van der Waals surface area contributed by atoms with E-state index in [1.54, 1.807) is 16.8 Å². The molecule has 0 atom stereocenters. The Morgan fingerprint density at radius 3 is 2.19 bits per heavy atom. The van der Waals surface area contributed by atoms with E-state index in [2.05, 4.69) is 24.8 Å². The van der Waals surface area contributed by atoms with Crippen LogP contribution in [-0.4, -0.2) is 34.8 Å². The zero-order valence-corrected chi connectivity index (χ0v) is 20.1. The van der Waals surface area contributed by atoms with Crippen LogP contribution < -0.4 is 14.2 Å². The van der Waals surface area contributed by atoms with Gasteiger partial charge < -0.3 is 9.47 Å². The van der Waals surface area contributed by atoms with Crippen molar-refractivity contribution in [2.45, 2.75) is 32.0 Å². The molecule has 0 spiro atoms. The smallest absolute Gasteiger partial charge is 0.438 e. The zero-order valence-electron chi connectivity index (χ0n) is 19.2. The Labute approximate surface area is 204 Å². The van der Waals surface area contributed by atoms with Crippen LogP contribution in [0.3, 0.4) is 0 Å². The highest BCUT2D eigenvalue weighted by Gasteiger charge is 2.34. The summed E-state index contributed by atoms with van der Waals surface area (Å²) in [5.41, 5.74) is 3.00. The van der Waals surface area contributed by atoms with Gasteiger partial charge >= 0.3 is 6.36 Å². The number of halogens is 3. The summed E-state index contributed by atoms with van der Waals surface area (Å²) in [7, 11) is -4.37. The first-order valence-electron chi connectivity index (χ1n) is 10.5. The minimum absolute atomic E-state index is 0.102. The second kappa shape index (κ2) is 9.49. The minimum Gasteiger partial charge on any atom is -0.438 e. The molecule has 0 saturated heterocycles. The van der Waals surface area contributed by atoms with E-state index >= 15 is 0 Å². The molecular formula is C23H20F3N5O4S. The molecule has 0 aliphatic carbocycles. The van der Waals surface area contributed by atoms with Crippen LogP contribution in [0.5, 0.6) is 17.4 Å². The van der Waals surface area contributed by atoms with Gasteiger partial charge in [0.05, 0.1) is 5.69 Å². The van der Waals surface area contributed by atoms with Crippen LogP contribution in [0.2, 0.25) is 0 Å². The van der Waals surface area contributed by atoms with Crippen molar-refractivity contribution in [1.29, 1.82) is 0 Å². The van der Waals surface area contributed by atoms with Gasteiger partial charge in [0, 0.05) is 17.4 Å². The van der Waals surface area contributed by atoms with E-state index in [0.717, 1.165) is 29.1 Å². The van der Waals surface area contributed by atoms with Crippen LogP contribution in [0.15, 0.2) is 65.6 Å². The molecule has 0 saturated carbocycles. The monoisotopic (exact) mass is 519 g/mol. The normalized spacial score (nSPS) is 11.8. The number of aromatic nitrogens is 4. The van der Waals surface area contributed by atoms with Gasteiger partial charge in [-0.15, -0.1) is 23.4 Å². The summed E-state index contributed by atoms with van der Waals surface area (Å²) in [4.78, 5) is -0.657. The quantitative estimate of drug-likeness (QED) is 0.363. The second-order valence-corrected chi connectivity index (χ2v) is 9.31. The highest BCUT2D eigenvalue weighted by atomic mass is 32.2. The third-order valence-corrected chi connectivity index (χ3v) is 6.61. The van der Waals surface area contributed by atoms with Crippen molar-refractivity contribution in [2.75, 3.05) is 4.72 Å². The first-order valence-corrected chi connectivity index (χ1v) is 11.9. The van der Waals surface area contributed by atoms with Gasteiger partial charge in [-0.3, -0.25) is 4.72 Å². The zero-order chi connectivity index (χ0) is 26.1. The molecule has 0 aliphatic heterocycles. The molecule has 0 aliphatic rings. The molecule has 188 valence electrons. The number of alkyl halides is 3. The van der Waals surface area contributed by atoms with E-state index in [1.165, 1.54) is 36.4 Å². The fraction of sp³-hybridized carbons (Fsp3) is 0.174. The molecule has 2 aromatic heterocycles. The predicted molar refractivity (Wildman–Crippen MR) is 124 cm³/mol. The van der Waals surface area contributed by atoms with Crippen molar-refractivity contribution < 1.29 is 31.1 Å². The topological polar surface area (TPSA) is 108 Å². The van der Waals surface area contributed by atoms with E-state index in [9.17, 15) is 21.6 Å². The van der Waals surface area contributed by atoms with Crippen LogP contribution in [0.4, 0.5) is 18.9 Å². The van der Waals surface area contributed by atoms with Gasteiger partial charge in [0.25, 0.3) is 10.0 Å². The Kier molecular flexibility index (Phi) is 6.59. The number of nitrogens with zero attached hydrogens (tertiary/aromatic N) is 4. The van der Waals surface area contributed by atoms with Gasteiger partial charge in [-0.05, 0) is 68.8 Å². The lowest BCUT2D eigenvalue weighted by atomic mass is 10.2. The number of nitrogens with one attached hydrogen (secondary N) is 1. The molecule has 13 heteroatoms. The van der Waals surface area contributed by atoms with Crippen LogP contribution >= 0.6 is 0 Å². The number of hydrogen-bond donors (Lipinski definition) is 1. The van der Waals surface area contributed by atoms with E-state index in [1.807, 2.05) is 20.8 Å². The van der Waals surface area contributed by atoms with Crippen LogP contribution in [0.1, 0.15) is 17.0 Å². The van der Waals surface area contributed by atoms with E-state index < -0.39 is 27.0 Å². The van der Waals surface area contributed by atoms with Gasteiger partial charge in [0.1, 0.15) is 16.4 Å². The molecule has 9 nitrogen and oxygen atoms in total. The molecule has 2 aromatic carbocycles. The lowest BCUT2D eigenvalue weighted by Crippen LogP contribution is -2.20. The molecular weight excluding hydrogens is 499 g/mol. The highest BCUT2D eigenvalue weighted by Crippen LogP contribution is 2.31. The second-order valence-electron chi connectivity index (χ2n) is 7.66. The van der Waals surface area contributed by atoms with Crippen molar-refractivity contribution in [3.63, 3.8) is 0 Å². The van der Waals surface area contributed by atoms with Crippen molar-refractivity contribution in [2.24, 2.45) is 0 Å². The molecule has 2 heterocycles. The third-order valence-electron chi connectivity index (χ3n) is 5.19. The molecule has 4 aromatic rings. The average molecular weight is 520 g/mol. The Bertz CT molecular complexity index is 1490. The van der Waals surface area contributed by atoms with Crippen LogP contribution in [-0.2, 0) is 10.0 Å². The largest absolute Gasteiger partial charge is 0.573 e. The summed E-state index contributed by atoms with van der Waals surface area (Å²) in [5.74, 6) is 0.219. The van der Waals surface area contributed by atoms with Crippen molar-refractivity contribution >= 4 is 15.7 Å². The number of para-hydroxylation sites is 1. The lowest BCUT2D eigenvalue weighted by Gasteiger charge is -2.14. The van der Waals surface area contributed by atoms with Crippen LogP contribution in [0.25, 0.3) is 5.82 Å². The molecule has 1 N–H and O–H groups in total. The van der Waals surface area contributed by atoms with Crippen molar-refractivity contribution in [3.8, 4) is 23.2 Å². The van der Waals surface area contributed by atoms with Gasteiger partial charge in [0.15, 0.2) is 5.82 Å². The summed E-state index contributed by atoms with van der Waals surface area (Å²) in [6.45, 7) is 5.81. The average Bonchev–Trinajstić information content (AvgIpc) is 3.07. The minimum atomic E-state index is -5.04. The fourth-order valence-electron chi connectivity index (χ4n) is 3.23. The van der Waals surface area contributed by atoms with Crippen molar-refractivity contribution in [1.82, 2.24) is 20.0 Å². The SMILES string of the molecule is Cc1nn(-c2ccc(Oc3ccc(NS(=O)(=O)c4ccccc4OC(F)(F)F)cc3)nn2)c(C)c1C. The number of rotatable bonds is 7. The summed E-state index contributed by atoms with van der Waals surface area (Å²) in [6.07, 6.45) is -5.04. The maximum Gasteiger partial charge on any atom is 0.573 e. The predicted octanol–water partition coefficient (Wildman–Crippen LogP) is 5.08. The van der Waals surface area contributed by atoms with E-state index in [-0.39, 0.29) is 11.6 Å². The number of aryl methyl sites for hydroxylation is 1. The van der Waals surface area contributed by atoms with Crippen molar-refractivity contribution in [3.05, 3.63) is 77.6 Å². The molecule has 0 unspecified atom stereocenters. The Morgan fingerprint density at radius 2 is 1.61 bits per heavy atom. The molecule has 0 fully saturated rings. The van der Waals surface area contributed by atoms with Gasteiger partial charge in [-0.25, -0.2) is 13.1 Å². The molecule has 4 rings (SSSR count). The summed E-state index contributed by atoms with van der Waals surface area (Å²) in [6, 6.07) is 13.5. The van der Waals surface area contributed by atoms with E-state index in [4.69, 9.17) is 4.74 Å². The maximum atomic E-state index is 12.7. The maximum absolute atomic E-state index is 12.7.